The van der Waals surface area contributed by atoms with Gasteiger partial charge in [0.2, 0.25) is 0 Å². The number of benzene rings is 1. The van der Waals surface area contributed by atoms with E-state index in [-0.39, 0.29) is 41.3 Å². The largest absolute Gasteiger partial charge is 0.444 e. The number of ether oxygens (including phenoxy) is 1. The summed E-state index contributed by atoms with van der Waals surface area (Å²) in [7, 11) is 0. The lowest BCUT2D eigenvalue weighted by Gasteiger charge is -2.30. The number of rotatable bonds is 5. The van der Waals surface area contributed by atoms with Gasteiger partial charge in [-0.05, 0) is 58.1 Å². The van der Waals surface area contributed by atoms with Crippen LogP contribution in [0.1, 0.15) is 74.0 Å². The van der Waals surface area contributed by atoms with Gasteiger partial charge in [0.25, 0.3) is 5.91 Å². The number of primary amides is 1. The maximum absolute atomic E-state index is 13.3. The van der Waals surface area contributed by atoms with Gasteiger partial charge in [0.05, 0.1) is 29.4 Å². The highest BCUT2D eigenvalue weighted by Crippen LogP contribution is 2.37. The van der Waals surface area contributed by atoms with E-state index < -0.39 is 28.3 Å². The Labute approximate surface area is 240 Å². The molecule has 1 aliphatic rings. The molecular formula is C27H33ClF3N7O3. The highest BCUT2D eigenvalue weighted by Gasteiger charge is 2.34. The first-order valence-corrected chi connectivity index (χ1v) is 13.6. The van der Waals surface area contributed by atoms with E-state index in [9.17, 15) is 22.8 Å². The number of amides is 2. The van der Waals surface area contributed by atoms with Crippen molar-refractivity contribution in [1.29, 1.82) is 0 Å². The van der Waals surface area contributed by atoms with E-state index in [1.165, 1.54) is 23.0 Å². The summed E-state index contributed by atoms with van der Waals surface area (Å²) >= 11 is 6.04. The summed E-state index contributed by atoms with van der Waals surface area (Å²) in [6.07, 6.45) is 0.681. The van der Waals surface area contributed by atoms with Crippen LogP contribution in [0.2, 0.25) is 5.02 Å². The summed E-state index contributed by atoms with van der Waals surface area (Å²) in [6.45, 7) is 6.44. The molecule has 3 aromatic rings. The van der Waals surface area contributed by atoms with Crippen LogP contribution in [0.25, 0.3) is 11.3 Å². The van der Waals surface area contributed by atoms with E-state index in [1.807, 2.05) is 20.8 Å². The van der Waals surface area contributed by atoms with Crippen LogP contribution in [0.5, 0.6) is 0 Å². The van der Waals surface area contributed by atoms with Crippen molar-refractivity contribution in [2.24, 2.45) is 5.73 Å². The number of carbonyl (C=O) groups excluding carboxylic acids is 2. The number of hydrogen-bond acceptors (Lipinski definition) is 6. The van der Waals surface area contributed by atoms with Gasteiger partial charge in [-0.25, -0.2) is 9.48 Å². The molecule has 14 heteroatoms. The Kier molecular flexibility index (Phi) is 8.57. The first-order chi connectivity index (χ1) is 19.2. The van der Waals surface area contributed by atoms with Crippen LogP contribution in [0.3, 0.4) is 0 Å². The predicted molar refractivity (Wildman–Crippen MR) is 147 cm³/mol. The summed E-state index contributed by atoms with van der Waals surface area (Å²) in [6, 6.07) is 3.55. The van der Waals surface area contributed by atoms with Crippen LogP contribution in [0.15, 0.2) is 30.6 Å². The van der Waals surface area contributed by atoms with Crippen molar-refractivity contribution in [1.82, 2.24) is 24.5 Å². The number of nitrogens with two attached hydrogens (primary N) is 2. The smallest absolute Gasteiger partial charge is 0.417 e. The summed E-state index contributed by atoms with van der Waals surface area (Å²) in [4.78, 5) is 26.6. The second-order valence-corrected chi connectivity index (χ2v) is 11.4. The molecule has 2 amide bonds. The van der Waals surface area contributed by atoms with Crippen molar-refractivity contribution < 1.29 is 27.5 Å². The predicted octanol–water partition coefficient (Wildman–Crippen LogP) is 5.50. The Morgan fingerprint density at radius 1 is 1.15 bits per heavy atom. The highest BCUT2D eigenvalue weighted by atomic mass is 35.5. The number of likely N-dealkylation sites (tertiary alicyclic amines) is 1. The normalized spacial score (nSPS) is 15.4. The Bertz CT molecular complexity index is 1420. The maximum Gasteiger partial charge on any atom is 0.417 e. The molecule has 1 fully saturated rings. The second-order valence-electron chi connectivity index (χ2n) is 11.0. The van der Waals surface area contributed by atoms with Crippen molar-refractivity contribution >= 4 is 29.4 Å². The third-order valence-corrected chi connectivity index (χ3v) is 7.19. The average molecular weight is 596 g/mol. The molecule has 0 bridgehead atoms. The highest BCUT2D eigenvalue weighted by molar-refractivity contribution is 6.32. The zero-order valence-corrected chi connectivity index (χ0v) is 23.8. The SMILES string of the molecule is CC(C)(C)OC(=O)N1CCCC(n2nc(-c3cnn(Cc4cccc(C(F)(F)F)c4Cl)c3)c(C(N)=O)c2N)CCC1. The fraction of sp³-hybridized carbons (Fsp3) is 0.481. The molecule has 1 aliphatic heterocycles. The van der Waals surface area contributed by atoms with Crippen molar-refractivity contribution in [3.63, 3.8) is 0 Å². The van der Waals surface area contributed by atoms with Gasteiger partial charge in [-0.3, -0.25) is 9.48 Å². The minimum Gasteiger partial charge on any atom is -0.444 e. The van der Waals surface area contributed by atoms with Gasteiger partial charge in [-0.1, -0.05) is 23.7 Å². The molecule has 0 unspecified atom stereocenters. The van der Waals surface area contributed by atoms with E-state index in [1.54, 1.807) is 15.8 Å². The van der Waals surface area contributed by atoms with Gasteiger partial charge in [0, 0.05) is 24.8 Å². The minimum atomic E-state index is -4.59. The van der Waals surface area contributed by atoms with Gasteiger partial charge in [0.15, 0.2) is 0 Å². The minimum absolute atomic E-state index is 0.0401. The molecule has 222 valence electrons. The Morgan fingerprint density at radius 3 is 2.39 bits per heavy atom. The first kappa shape index (κ1) is 30.2. The molecule has 1 aromatic carbocycles. The number of hydrogen-bond donors (Lipinski definition) is 2. The third kappa shape index (κ3) is 6.95. The lowest BCUT2D eigenvalue weighted by molar-refractivity contribution is -0.137. The van der Waals surface area contributed by atoms with Gasteiger partial charge in [-0.15, -0.1) is 0 Å². The standard InChI is InChI=1S/C27H33ClF3N7O3/c1-26(2,3)41-25(40)36-11-5-8-18(9-6-12-36)38-23(32)20(24(33)39)22(35-38)17-13-34-37(15-17)14-16-7-4-10-19(21(16)28)27(29,30)31/h4,7,10,13,15,18H,5-6,8-9,11-12,14,32H2,1-3H3,(H2,33,39). The molecule has 0 spiro atoms. The van der Waals surface area contributed by atoms with Crippen molar-refractivity contribution in [2.45, 2.75) is 70.8 Å². The fourth-order valence-electron chi connectivity index (χ4n) is 4.88. The number of nitrogen functional groups attached to an aromatic ring is 1. The van der Waals surface area contributed by atoms with Crippen molar-refractivity contribution in [3.05, 3.63) is 52.3 Å². The Hall–Kier alpha value is -3.74. The fourth-order valence-corrected chi connectivity index (χ4v) is 5.18. The number of nitrogens with zero attached hydrogens (tertiary/aromatic N) is 5. The molecule has 0 saturated carbocycles. The zero-order valence-electron chi connectivity index (χ0n) is 23.0. The molecule has 4 rings (SSSR count). The average Bonchev–Trinajstić information content (AvgIpc) is 3.42. The summed E-state index contributed by atoms with van der Waals surface area (Å²) in [5, 5.41) is 8.47. The molecule has 10 nitrogen and oxygen atoms in total. The molecule has 0 atom stereocenters. The first-order valence-electron chi connectivity index (χ1n) is 13.2. The van der Waals surface area contributed by atoms with Gasteiger partial charge < -0.3 is 21.1 Å². The lowest BCUT2D eigenvalue weighted by Crippen LogP contribution is -2.39. The topological polar surface area (TPSA) is 134 Å². The molecule has 2 aromatic heterocycles. The molecular weight excluding hydrogens is 563 g/mol. The number of alkyl halides is 3. The summed E-state index contributed by atoms with van der Waals surface area (Å²) in [5.41, 5.74) is 11.5. The van der Waals surface area contributed by atoms with Crippen LogP contribution < -0.4 is 11.5 Å². The molecule has 3 heterocycles. The van der Waals surface area contributed by atoms with Crippen molar-refractivity contribution in [2.75, 3.05) is 18.8 Å². The number of carbonyl (C=O) groups is 2. The molecule has 0 aliphatic carbocycles. The maximum atomic E-state index is 13.3. The molecule has 41 heavy (non-hydrogen) atoms. The Morgan fingerprint density at radius 2 is 1.80 bits per heavy atom. The van der Waals surface area contributed by atoms with E-state index in [2.05, 4.69) is 10.2 Å². The van der Waals surface area contributed by atoms with Crippen LogP contribution in [0, 0.1) is 0 Å². The molecule has 4 N–H and O–H groups in total. The van der Waals surface area contributed by atoms with Gasteiger partial charge in [0.1, 0.15) is 22.7 Å². The number of aromatic nitrogens is 4. The van der Waals surface area contributed by atoms with Crippen LogP contribution >= 0.6 is 11.6 Å². The van der Waals surface area contributed by atoms with Gasteiger partial charge >= 0.3 is 12.3 Å². The lowest BCUT2D eigenvalue weighted by atomic mass is 10.0. The van der Waals surface area contributed by atoms with Crippen LogP contribution in [0.4, 0.5) is 23.8 Å². The van der Waals surface area contributed by atoms with Crippen molar-refractivity contribution in [3.8, 4) is 11.3 Å². The van der Waals surface area contributed by atoms with E-state index >= 15 is 0 Å². The monoisotopic (exact) mass is 595 g/mol. The Balaban J connectivity index is 1.54. The van der Waals surface area contributed by atoms with E-state index in [0.29, 0.717) is 44.3 Å². The van der Waals surface area contributed by atoms with Crippen LogP contribution in [-0.4, -0.2) is 55.2 Å². The summed E-state index contributed by atoms with van der Waals surface area (Å²) in [5.74, 6) is -0.643. The molecule has 0 radical (unpaired) electrons. The molecule has 1 saturated heterocycles. The van der Waals surface area contributed by atoms with Crippen LogP contribution in [-0.2, 0) is 17.5 Å². The van der Waals surface area contributed by atoms with E-state index in [0.717, 1.165) is 6.07 Å². The summed E-state index contributed by atoms with van der Waals surface area (Å²) < 4.78 is 48.3. The second kappa shape index (κ2) is 11.6. The van der Waals surface area contributed by atoms with E-state index in [4.69, 9.17) is 27.8 Å². The zero-order chi connectivity index (χ0) is 30.1. The quantitative estimate of drug-likeness (QED) is 0.400. The third-order valence-electron chi connectivity index (χ3n) is 6.75. The van der Waals surface area contributed by atoms with Gasteiger partial charge in [-0.2, -0.15) is 23.4 Å². The number of anilines is 1. The number of halogens is 4.